The summed E-state index contributed by atoms with van der Waals surface area (Å²) in [5, 5.41) is 0.773. The highest BCUT2D eigenvalue weighted by Gasteiger charge is 2.10. The molecule has 3 nitrogen and oxygen atoms in total. The van der Waals surface area contributed by atoms with Gasteiger partial charge in [0.1, 0.15) is 0 Å². The molecule has 0 aromatic carbocycles. The largest absolute Gasteiger partial charge is 0.252 e. The molecule has 0 atom stereocenters. The Kier molecular flexibility index (Phi) is 3.27. The van der Waals surface area contributed by atoms with Crippen LogP contribution in [0.2, 0.25) is 0 Å². The fourth-order valence-electron chi connectivity index (χ4n) is 0.674. The van der Waals surface area contributed by atoms with Gasteiger partial charge in [0.2, 0.25) is 5.16 Å². The van der Waals surface area contributed by atoms with Crippen molar-refractivity contribution in [2.24, 2.45) is 0 Å². The van der Waals surface area contributed by atoms with E-state index < -0.39 is 0 Å². The van der Waals surface area contributed by atoms with Crippen LogP contribution in [0.3, 0.4) is 0 Å². The summed E-state index contributed by atoms with van der Waals surface area (Å²) in [5.41, 5.74) is 1.07. The van der Waals surface area contributed by atoms with Crippen LogP contribution in [0.1, 0.15) is 26.5 Å². The van der Waals surface area contributed by atoms with Crippen molar-refractivity contribution in [1.82, 2.24) is 14.7 Å². The Hall–Kier alpha value is -0.610. The van der Waals surface area contributed by atoms with E-state index in [1.54, 1.807) is 6.20 Å². The van der Waals surface area contributed by atoms with Gasteiger partial charge in [-0.15, -0.1) is 0 Å². The summed E-state index contributed by atoms with van der Waals surface area (Å²) < 4.78 is 3.26. The third-order valence-corrected chi connectivity index (χ3v) is 2.31. The minimum atomic E-state index is 0.0811. The first-order valence-electron chi connectivity index (χ1n) is 4.21. The number of nitrogens with one attached hydrogen (secondary N) is 1. The maximum atomic E-state index is 4.27. The molecule has 0 unspecified atom stereocenters. The topological polar surface area (TPSA) is 37.8 Å². The van der Waals surface area contributed by atoms with Crippen LogP contribution in [-0.2, 0) is 0 Å². The molecular formula is C9H15N3S. The first kappa shape index (κ1) is 10.5. The van der Waals surface area contributed by atoms with Gasteiger partial charge >= 0.3 is 0 Å². The molecule has 4 heteroatoms. The smallest absolute Gasteiger partial charge is 0.203 e. The summed E-state index contributed by atoms with van der Waals surface area (Å²) in [7, 11) is 0. The van der Waals surface area contributed by atoms with E-state index in [9.17, 15) is 0 Å². The molecule has 0 aliphatic heterocycles. The predicted molar refractivity (Wildman–Crippen MR) is 55.5 cm³/mol. The minimum Gasteiger partial charge on any atom is -0.252 e. The summed E-state index contributed by atoms with van der Waals surface area (Å²) in [4.78, 5) is 8.40. The zero-order chi connectivity index (χ0) is 9.90. The van der Waals surface area contributed by atoms with Gasteiger partial charge in [0.15, 0.2) is 0 Å². The molecule has 0 spiro atoms. The number of nitrogens with zero attached hydrogens (tertiary/aromatic N) is 2. The Morgan fingerprint density at radius 1 is 1.38 bits per heavy atom. The van der Waals surface area contributed by atoms with E-state index in [2.05, 4.69) is 35.5 Å². The lowest BCUT2D eigenvalue weighted by atomic mass is 10.1. The third-order valence-electron chi connectivity index (χ3n) is 1.22. The van der Waals surface area contributed by atoms with Crippen molar-refractivity contribution in [1.29, 1.82) is 0 Å². The highest BCUT2D eigenvalue weighted by molar-refractivity contribution is 7.97. The van der Waals surface area contributed by atoms with E-state index in [1.165, 1.54) is 11.9 Å². The van der Waals surface area contributed by atoms with Gasteiger partial charge in [0.25, 0.3) is 0 Å². The second kappa shape index (κ2) is 4.07. The van der Waals surface area contributed by atoms with Crippen molar-refractivity contribution in [2.45, 2.75) is 38.4 Å². The fraction of sp³-hybridized carbons (Fsp3) is 0.556. The van der Waals surface area contributed by atoms with E-state index in [0.29, 0.717) is 0 Å². The van der Waals surface area contributed by atoms with Gasteiger partial charge in [-0.3, -0.25) is 4.72 Å². The van der Waals surface area contributed by atoms with Crippen molar-refractivity contribution in [3.63, 3.8) is 0 Å². The van der Waals surface area contributed by atoms with E-state index in [1.807, 2.05) is 13.0 Å². The van der Waals surface area contributed by atoms with Crippen LogP contribution in [0.15, 0.2) is 17.4 Å². The molecule has 0 bridgehead atoms. The molecule has 1 N–H and O–H groups in total. The average Bonchev–Trinajstić information content (AvgIpc) is 2.00. The minimum absolute atomic E-state index is 0.0811. The molecule has 72 valence electrons. The molecule has 1 heterocycles. The summed E-state index contributed by atoms with van der Waals surface area (Å²) in [6, 6.07) is 1.89. The highest BCUT2D eigenvalue weighted by Crippen LogP contribution is 2.13. The summed E-state index contributed by atoms with van der Waals surface area (Å²) in [5.74, 6) is 0. The Labute approximate surface area is 83.5 Å². The van der Waals surface area contributed by atoms with E-state index in [0.717, 1.165) is 10.9 Å². The SMILES string of the molecule is Cc1ccnc(SNC(C)(C)C)n1. The van der Waals surface area contributed by atoms with Gasteiger partial charge in [-0.25, -0.2) is 9.97 Å². The maximum absolute atomic E-state index is 4.27. The summed E-state index contributed by atoms with van der Waals surface area (Å²) in [6.07, 6.45) is 1.77. The van der Waals surface area contributed by atoms with Crippen molar-refractivity contribution < 1.29 is 0 Å². The normalized spacial score (nSPS) is 11.7. The Bertz CT molecular complexity index is 280. The zero-order valence-electron chi connectivity index (χ0n) is 8.46. The van der Waals surface area contributed by atoms with Gasteiger partial charge < -0.3 is 0 Å². The van der Waals surface area contributed by atoms with Crippen LogP contribution in [0.4, 0.5) is 0 Å². The molecule has 0 saturated heterocycles. The van der Waals surface area contributed by atoms with Gasteiger partial charge in [-0.1, -0.05) is 0 Å². The predicted octanol–water partition coefficient (Wildman–Crippen LogP) is 2.18. The number of hydrogen-bond donors (Lipinski definition) is 1. The standard InChI is InChI=1S/C9H15N3S/c1-7-5-6-10-8(11-7)13-12-9(2,3)4/h5-6,12H,1-4H3. The Morgan fingerprint density at radius 2 is 2.08 bits per heavy atom. The zero-order valence-corrected chi connectivity index (χ0v) is 9.27. The van der Waals surface area contributed by atoms with Gasteiger partial charge in [-0.05, 0) is 45.7 Å². The second-order valence-electron chi connectivity index (χ2n) is 3.93. The van der Waals surface area contributed by atoms with Crippen molar-refractivity contribution in [2.75, 3.05) is 0 Å². The van der Waals surface area contributed by atoms with Crippen molar-refractivity contribution in [3.05, 3.63) is 18.0 Å². The molecule has 0 aliphatic carbocycles. The number of aryl methyl sites for hydroxylation is 1. The van der Waals surface area contributed by atoms with Crippen molar-refractivity contribution in [3.8, 4) is 0 Å². The first-order valence-corrected chi connectivity index (χ1v) is 5.03. The van der Waals surface area contributed by atoms with Crippen LogP contribution in [0, 0.1) is 6.92 Å². The first-order chi connectivity index (χ1) is 5.97. The lowest BCUT2D eigenvalue weighted by molar-refractivity contribution is 0.534. The number of aromatic nitrogens is 2. The van der Waals surface area contributed by atoms with Crippen LogP contribution in [0.5, 0.6) is 0 Å². The molecule has 1 aromatic heterocycles. The summed E-state index contributed by atoms with van der Waals surface area (Å²) in [6.45, 7) is 8.28. The molecular weight excluding hydrogens is 182 g/mol. The molecule has 0 amide bonds. The third kappa shape index (κ3) is 4.24. The second-order valence-corrected chi connectivity index (χ2v) is 4.71. The maximum Gasteiger partial charge on any atom is 0.203 e. The number of hydrogen-bond acceptors (Lipinski definition) is 4. The number of rotatable bonds is 2. The van der Waals surface area contributed by atoms with Crippen LogP contribution >= 0.6 is 11.9 Å². The van der Waals surface area contributed by atoms with Gasteiger partial charge in [-0.2, -0.15) is 0 Å². The van der Waals surface area contributed by atoms with Crippen LogP contribution in [0.25, 0.3) is 0 Å². The van der Waals surface area contributed by atoms with Crippen molar-refractivity contribution >= 4 is 11.9 Å². The summed E-state index contributed by atoms with van der Waals surface area (Å²) >= 11 is 1.47. The molecule has 0 radical (unpaired) electrons. The molecule has 1 rings (SSSR count). The van der Waals surface area contributed by atoms with E-state index in [-0.39, 0.29) is 5.54 Å². The molecule has 13 heavy (non-hydrogen) atoms. The van der Waals surface area contributed by atoms with E-state index in [4.69, 9.17) is 0 Å². The lowest BCUT2D eigenvalue weighted by Gasteiger charge is -2.18. The average molecular weight is 197 g/mol. The highest BCUT2D eigenvalue weighted by atomic mass is 32.2. The quantitative estimate of drug-likeness (QED) is 0.582. The fourth-order valence-corrected chi connectivity index (χ4v) is 1.37. The van der Waals surface area contributed by atoms with Crippen LogP contribution in [-0.4, -0.2) is 15.5 Å². The van der Waals surface area contributed by atoms with Crippen LogP contribution < -0.4 is 4.72 Å². The molecule has 0 saturated carbocycles. The Morgan fingerprint density at radius 3 is 2.62 bits per heavy atom. The molecule has 0 aliphatic rings. The van der Waals surface area contributed by atoms with E-state index >= 15 is 0 Å². The van der Waals surface area contributed by atoms with Gasteiger partial charge in [0.05, 0.1) is 0 Å². The molecule has 1 aromatic rings. The van der Waals surface area contributed by atoms with Gasteiger partial charge in [0, 0.05) is 17.4 Å². The Balaban J connectivity index is 2.55. The molecule has 0 fully saturated rings. The lowest BCUT2D eigenvalue weighted by Crippen LogP contribution is -2.30. The monoisotopic (exact) mass is 197 g/mol.